The number of hydroxylamine groups is 2. The number of nitrogens with zero attached hydrogens (tertiary/aromatic N) is 2. The smallest absolute Gasteiger partial charge is 0.305 e. The number of piperidine rings is 1. The van der Waals surface area contributed by atoms with Crippen LogP contribution in [-0.2, 0) is 9.59 Å². The number of carboxylic acid groups (broad SMARTS) is 1. The first kappa shape index (κ1) is 23.1. The highest BCUT2D eigenvalue weighted by Gasteiger charge is 2.19. The number of likely N-dealkylation sites (tertiary alicyclic amines) is 1. The van der Waals surface area contributed by atoms with Crippen molar-refractivity contribution in [2.24, 2.45) is 0 Å². The molecule has 0 saturated carbocycles. The molecule has 7 heteroatoms. The summed E-state index contributed by atoms with van der Waals surface area (Å²) in [6.45, 7) is 4.47. The van der Waals surface area contributed by atoms with E-state index in [1.807, 2.05) is 0 Å². The molecule has 1 rings (SSSR count). The lowest BCUT2D eigenvalue weighted by atomic mass is 9.99. The first-order valence-electron chi connectivity index (χ1n) is 8.99. The van der Waals surface area contributed by atoms with E-state index in [2.05, 4.69) is 11.8 Å². The zero-order chi connectivity index (χ0) is 17.1. The lowest BCUT2D eigenvalue weighted by Crippen LogP contribution is -2.39. The van der Waals surface area contributed by atoms with Crippen LogP contribution >= 0.6 is 12.4 Å². The maximum atomic E-state index is 11.7. The molecule has 0 spiro atoms. The van der Waals surface area contributed by atoms with Gasteiger partial charge in [-0.25, -0.2) is 5.06 Å². The largest absolute Gasteiger partial charge is 0.481 e. The van der Waals surface area contributed by atoms with Gasteiger partial charge in [-0.2, -0.15) is 0 Å². The molecule has 0 radical (unpaired) electrons. The molecule has 0 aromatic carbocycles. The van der Waals surface area contributed by atoms with Crippen molar-refractivity contribution in [1.82, 2.24) is 9.96 Å². The molecule has 142 valence electrons. The molecule has 0 aromatic rings. The van der Waals surface area contributed by atoms with Gasteiger partial charge in [0, 0.05) is 12.5 Å². The van der Waals surface area contributed by atoms with Gasteiger partial charge in [0.05, 0.1) is 13.0 Å². The quantitative estimate of drug-likeness (QED) is 0.334. The summed E-state index contributed by atoms with van der Waals surface area (Å²) in [4.78, 5) is 24.7. The number of carboxylic acids is 1. The zero-order valence-corrected chi connectivity index (χ0v) is 15.6. The number of hydrogen-bond donors (Lipinski definition) is 2. The number of hydrogen-bond acceptors (Lipinski definition) is 4. The van der Waals surface area contributed by atoms with Crippen LogP contribution in [0.25, 0.3) is 0 Å². The number of carbonyl (C=O) groups is 2. The molecule has 0 aliphatic carbocycles. The Morgan fingerprint density at radius 3 is 2.33 bits per heavy atom. The summed E-state index contributed by atoms with van der Waals surface area (Å²) in [6, 6.07) is 0.618. The third kappa shape index (κ3) is 9.45. The number of carbonyl (C=O) groups excluding carboxylic acids is 1. The molecule has 1 fully saturated rings. The lowest BCUT2D eigenvalue weighted by molar-refractivity contribution is -0.167. The average molecular weight is 365 g/mol. The van der Waals surface area contributed by atoms with Gasteiger partial charge >= 0.3 is 5.97 Å². The number of aliphatic carboxylic acids is 1. The summed E-state index contributed by atoms with van der Waals surface area (Å²) >= 11 is 0. The van der Waals surface area contributed by atoms with Crippen molar-refractivity contribution in [1.29, 1.82) is 0 Å². The predicted octanol–water partition coefficient (Wildman–Crippen LogP) is 3.32. The van der Waals surface area contributed by atoms with Gasteiger partial charge in [0.1, 0.15) is 0 Å². The van der Waals surface area contributed by atoms with E-state index in [0.29, 0.717) is 11.1 Å². The van der Waals surface area contributed by atoms with E-state index in [0.717, 1.165) is 19.3 Å². The summed E-state index contributed by atoms with van der Waals surface area (Å²) in [5, 5.41) is 18.6. The molecule has 1 saturated heterocycles. The Bertz CT molecular complexity index is 362. The highest BCUT2D eigenvalue weighted by molar-refractivity contribution is 5.85. The third-order valence-corrected chi connectivity index (χ3v) is 4.53. The molecule has 1 aliphatic heterocycles. The van der Waals surface area contributed by atoms with Gasteiger partial charge in [0.15, 0.2) is 0 Å². The highest BCUT2D eigenvalue weighted by Crippen LogP contribution is 2.20. The Hall–Kier alpha value is -0.850. The van der Waals surface area contributed by atoms with E-state index in [-0.39, 0.29) is 37.7 Å². The minimum absolute atomic E-state index is 0. The van der Waals surface area contributed by atoms with Crippen LogP contribution in [0.3, 0.4) is 0 Å². The van der Waals surface area contributed by atoms with Gasteiger partial charge in [-0.15, -0.1) is 12.4 Å². The Morgan fingerprint density at radius 1 is 1.08 bits per heavy atom. The van der Waals surface area contributed by atoms with Crippen LogP contribution in [0.15, 0.2) is 0 Å². The molecule has 0 bridgehead atoms. The van der Waals surface area contributed by atoms with Crippen molar-refractivity contribution < 1.29 is 19.9 Å². The maximum absolute atomic E-state index is 11.7. The molecule has 0 aromatic heterocycles. The highest BCUT2D eigenvalue weighted by atomic mass is 35.5. The summed E-state index contributed by atoms with van der Waals surface area (Å²) in [7, 11) is 0. The molecular formula is C17H33ClN2O4. The summed E-state index contributed by atoms with van der Waals surface area (Å²) < 4.78 is 0. The summed E-state index contributed by atoms with van der Waals surface area (Å²) in [5.74, 6) is -1.39. The van der Waals surface area contributed by atoms with E-state index in [1.54, 1.807) is 0 Å². The topological polar surface area (TPSA) is 81.1 Å². The number of amides is 1. The van der Waals surface area contributed by atoms with Crippen molar-refractivity contribution in [2.45, 2.75) is 77.2 Å². The molecule has 2 N–H and O–H groups in total. The lowest BCUT2D eigenvalue weighted by Gasteiger charge is -2.34. The molecule has 1 atom stereocenters. The number of halogens is 1. The maximum Gasteiger partial charge on any atom is 0.305 e. The van der Waals surface area contributed by atoms with Crippen LogP contribution in [0.2, 0.25) is 0 Å². The van der Waals surface area contributed by atoms with E-state index in [1.165, 1.54) is 45.2 Å². The Kier molecular flexibility index (Phi) is 13.0. The molecule has 6 nitrogen and oxygen atoms in total. The first-order chi connectivity index (χ1) is 11.0. The first-order valence-corrected chi connectivity index (χ1v) is 8.99. The van der Waals surface area contributed by atoms with Crippen molar-refractivity contribution in [2.75, 3.05) is 19.6 Å². The van der Waals surface area contributed by atoms with E-state index in [9.17, 15) is 14.8 Å². The van der Waals surface area contributed by atoms with Crippen LogP contribution in [-0.4, -0.2) is 57.8 Å². The van der Waals surface area contributed by atoms with Crippen LogP contribution in [0, 0.1) is 0 Å². The molecule has 1 aliphatic rings. The van der Waals surface area contributed by atoms with Gasteiger partial charge < -0.3 is 10.0 Å². The summed E-state index contributed by atoms with van der Waals surface area (Å²) in [6.07, 6.45) is 9.19. The predicted molar refractivity (Wildman–Crippen MR) is 95.6 cm³/mol. The van der Waals surface area contributed by atoms with Crippen LogP contribution in [0.5, 0.6) is 0 Å². The molecule has 24 heavy (non-hydrogen) atoms. The molecule has 1 amide bonds. The zero-order valence-electron chi connectivity index (χ0n) is 14.8. The van der Waals surface area contributed by atoms with E-state index >= 15 is 0 Å². The van der Waals surface area contributed by atoms with Crippen LogP contribution in [0.1, 0.15) is 71.1 Å². The fourth-order valence-corrected chi connectivity index (χ4v) is 3.24. The van der Waals surface area contributed by atoms with Crippen molar-refractivity contribution in [3.8, 4) is 0 Å². The fourth-order valence-electron chi connectivity index (χ4n) is 3.24. The van der Waals surface area contributed by atoms with Crippen molar-refractivity contribution in [3.05, 3.63) is 0 Å². The second-order valence-corrected chi connectivity index (χ2v) is 6.45. The number of unbranched alkanes of at least 4 members (excludes halogenated alkanes) is 1. The van der Waals surface area contributed by atoms with Crippen LogP contribution < -0.4 is 0 Å². The second-order valence-electron chi connectivity index (χ2n) is 6.45. The Labute approximate surface area is 151 Å². The molecular weight excluding hydrogens is 332 g/mol. The van der Waals surface area contributed by atoms with Crippen LogP contribution in [0.4, 0.5) is 0 Å². The Balaban J connectivity index is 0.00000529. The van der Waals surface area contributed by atoms with Gasteiger partial charge in [-0.1, -0.05) is 26.2 Å². The van der Waals surface area contributed by atoms with Gasteiger partial charge in [-0.3, -0.25) is 14.8 Å². The standard InChI is InChI=1S/C17H32N2O4.ClH/c1-2-8-15(18-12-6-3-7-13-18)9-4-5-10-16(20)19(23)14-11-17(21)22;/h15,23H,2-14H2,1H3,(H,21,22);1H. The normalized spacial score (nSPS) is 16.2. The van der Waals surface area contributed by atoms with E-state index < -0.39 is 5.97 Å². The van der Waals surface area contributed by atoms with Crippen molar-refractivity contribution >= 4 is 24.3 Å². The second kappa shape index (κ2) is 13.4. The molecule has 1 unspecified atom stereocenters. The average Bonchev–Trinajstić information content (AvgIpc) is 2.55. The Morgan fingerprint density at radius 2 is 1.75 bits per heavy atom. The fraction of sp³-hybridized carbons (Fsp3) is 0.882. The minimum atomic E-state index is -1.01. The molecule has 1 heterocycles. The summed E-state index contributed by atoms with van der Waals surface area (Å²) in [5.41, 5.74) is 0. The van der Waals surface area contributed by atoms with E-state index in [4.69, 9.17) is 5.11 Å². The number of rotatable bonds is 11. The van der Waals surface area contributed by atoms with Gasteiger partial charge in [-0.05, 0) is 45.2 Å². The van der Waals surface area contributed by atoms with Crippen molar-refractivity contribution in [3.63, 3.8) is 0 Å². The van der Waals surface area contributed by atoms with Gasteiger partial charge in [0.25, 0.3) is 0 Å². The minimum Gasteiger partial charge on any atom is -0.481 e. The SMILES string of the molecule is CCCC(CCCCC(=O)N(O)CCC(=O)O)N1CCCCC1.Cl. The van der Waals surface area contributed by atoms with Gasteiger partial charge in [0.2, 0.25) is 5.91 Å². The third-order valence-electron chi connectivity index (χ3n) is 4.53. The monoisotopic (exact) mass is 364 g/mol.